The number of aromatic nitrogens is 1. The van der Waals surface area contributed by atoms with Crippen LogP contribution in [0.5, 0.6) is 0 Å². The number of amidine groups is 1. The Hall–Kier alpha value is -1.23. The smallest absolute Gasteiger partial charge is 0.277 e. The molecular weight excluding hydrogens is 234 g/mol. The topological polar surface area (TPSA) is 56.0 Å². The number of carbonyl (C=O) groups excluding carboxylic acids is 1. The molecule has 0 unspecified atom stereocenters. The SMILES string of the molecule is CC(=O)c1nc(NC2=[NH+]CCCCC2)sc1C. The van der Waals surface area contributed by atoms with E-state index in [2.05, 4.69) is 15.3 Å². The monoisotopic (exact) mass is 252 g/mol. The van der Waals surface area contributed by atoms with Crippen LogP contribution < -0.4 is 10.3 Å². The molecule has 0 spiro atoms. The van der Waals surface area contributed by atoms with Gasteiger partial charge in [-0.05, 0) is 26.2 Å². The van der Waals surface area contributed by atoms with Crippen LogP contribution in [0.25, 0.3) is 0 Å². The van der Waals surface area contributed by atoms with E-state index in [4.69, 9.17) is 0 Å². The van der Waals surface area contributed by atoms with Crippen molar-refractivity contribution in [2.45, 2.75) is 39.5 Å². The Morgan fingerprint density at radius 2 is 2.24 bits per heavy atom. The number of hydrogen-bond donors (Lipinski definition) is 2. The van der Waals surface area contributed by atoms with E-state index < -0.39 is 0 Å². The molecule has 5 heteroatoms. The molecule has 1 aromatic rings. The zero-order chi connectivity index (χ0) is 12.3. The third kappa shape index (κ3) is 3.12. The molecule has 0 atom stereocenters. The summed E-state index contributed by atoms with van der Waals surface area (Å²) in [4.78, 5) is 20.0. The largest absolute Gasteiger partial charge is 0.293 e. The van der Waals surface area contributed by atoms with E-state index in [0.717, 1.165) is 28.8 Å². The van der Waals surface area contributed by atoms with E-state index in [9.17, 15) is 4.79 Å². The molecule has 0 aliphatic carbocycles. The normalized spacial score (nSPS) is 16.2. The minimum absolute atomic E-state index is 0.0330. The molecule has 1 aliphatic heterocycles. The summed E-state index contributed by atoms with van der Waals surface area (Å²) in [5.41, 5.74) is 0.590. The van der Waals surface area contributed by atoms with Crippen LogP contribution in [0.3, 0.4) is 0 Å². The number of rotatable bonds is 2. The van der Waals surface area contributed by atoms with Gasteiger partial charge in [0.25, 0.3) is 5.13 Å². The van der Waals surface area contributed by atoms with Crippen LogP contribution in [0, 0.1) is 6.92 Å². The summed E-state index contributed by atoms with van der Waals surface area (Å²) in [5, 5.41) is 4.11. The highest BCUT2D eigenvalue weighted by Crippen LogP contribution is 2.22. The van der Waals surface area contributed by atoms with E-state index in [-0.39, 0.29) is 5.78 Å². The molecular formula is C12H18N3OS+. The first kappa shape index (κ1) is 12.2. The van der Waals surface area contributed by atoms with Crippen molar-refractivity contribution in [2.24, 2.45) is 0 Å². The van der Waals surface area contributed by atoms with Crippen molar-refractivity contribution in [3.8, 4) is 0 Å². The Morgan fingerprint density at radius 3 is 2.94 bits per heavy atom. The van der Waals surface area contributed by atoms with Crippen molar-refractivity contribution in [2.75, 3.05) is 11.9 Å². The number of nitrogens with zero attached hydrogens (tertiary/aromatic N) is 1. The van der Waals surface area contributed by atoms with Gasteiger partial charge in [0.1, 0.15) is 5.69 Å². The van der Waals surface area contributed by atoms with Crippen LogP contribution in [0.1, 0.15) is 48.0 Å². The molecule has 0 saturated heterocycles. The number of Topliss-reactive ketones (excluding diaryl/α,β-unsaturated/α-hetero) is 1. The summed E-state index contributed by atoms with van der Waals surface area (Å²) in [6.45, 7) is 4.51. The van der Waals surface area contributed by atoms with Crippen molar-refractivity contribution < 1.29 is 9.79 Å². The van der Waals surface area contributed by atoms with E-state index in [0.29, 0.717) is 5.69 Å². The summed E-state index contributed by atoms with van der Waals surface area (Å²) in [6.07, 6.45) is 4.74. The van der Waals surface area contributed by atoms with Gasteiger partial charge in [-0.1, -0.05) is 11.3 Å². The Balaban J connectivity index is 2.10. The highest BCUT2D eigenvalue weighted by Gasteiger charge is 2.17. The molecule has 0 saturated carbocycles. The summed E-state index contributed by atoms with van der Waals surface area (Å²) in [7, 11) is 0. The lowest BCUT2D eigenvalue weighted by atomic mass is 10.2. The minimum Gasteiger partial charge on any atom is -0.293 e. The zero-order valence-corrected chi connectivity index (χ0v) is 11.1. The predicted octanol–water partition coefficient (Wildman–Crippen LogP) is 1.12. The fraction of sp³-hybridized carbons (Fsp3) is 0.583. The highest BCUT2D eigenvalue weighted by molar-refractivity contribution is 7.16. The molecule has 2 rings (SSSR count). The van der Waals surface area contributed by atoms with E-state index in [1.165, 1.54) is 30.6 Å². The number of nitrogens with one attached hydrogen (secondary N) is 2. The molecule has 17 heavy (non-hydrogen) atoms. The number of hydrogen-bond acceptors (Lipinski definition) is 4. The van der Waals surface area contributed by atoms with Crippen LogP contribution in [0.4, 0.5) is 5.13 Å². The number of anilines is 1. The van der Waals surface area contributed by atoms with Crippen LogP contribution in [-0.2, 0) is 0 Å². The number of thiazole rings is 1. The Morgan fingerprint density at radius 1 is 1.41 bits per heavy atom. The lowest BCUT2D eigenvalue weighted by Crippen LogP contribution is -2.74. The first-order valence-corrected chi connectivity index (χ1v) is 6.83. The maximum atomic E-state index is 11.3. The van der Waals surface area contributed by atoms with Crippen LogP contribution in [0.15, 0.2) is 0 Å². The standard InChI is InChI=1S/C12H17N3OS/c1-8(16)11-9(2)17-12(15-11)14-10-6-4-3-5-7-13-10/h3-7H2,1-2H3,(H,13,14,15)/p+1. The van der Waals surface area contributed by atoms with Gasteiger partial charge in [-0.15, -0.1) is 0 Å². The van der Waals surface area contributed by atoms with Gasteiger partial charge in [-0.25, -0.2) is 5.32 Å². The van der Waals surface area contributed by atoms with Crippen molar-refractivity contribution in [3.63, 3.8) is 0 Å². The Kier molecular flexibility index (Phi) is 3.89. The molecule has 0 amide bonds. The fourth-order valence-electron chi connectivity index (χ4n) is 1.94. The van der Waals surface area contributed by atoms with Gasteiger partial charge in [0.15, 0.2) is 5.78 Å². The number of carbonyl (C=O) groups is 1. The molecule has 0 radical (unpaired) electrons. The molecule has 2 heterocycles. The first-order valence-electron chi connectivity index (χ1n) is 6.02. The molecule has 1 aromatic heterocycles. The van der Waals surface area contributed by atoms with Crippen molar-refractivity contribution in [1.29, 1.82) is 0 Å². The fourth-order valence-corrected chi connectivity index (χ4v) is 2.83. The predicted molar refractivity (Wildman–Crippen MR) is 69.8 cm³/mol. The maximum Gasteiger partial charge on any atom is 0.277 e. The molecule has 92 valence electrons. The molecule has 0 aromatic carbocycles. The third-order valence-electron chi connectivity index (χ3n) is 2.83. The summed E-state index contributed by atoms with van der Waals surface area (Å²) in [5.74, 6) is 1.16. The van der Waals surface area contributed by atoms with Gasteiger partial charge in [-0.3, -0.25) is 9.79 Å². The van der Waals surface area contributed by atoms with Gasteiger partial charge < -0.3 is 0 Å². The molecule has 0 bridgehead atoms. The van der Waals surface area contributed by atoms with Crippen molar-refractivity contribution in [3.05, 3.63) is 10.6 Å². The Labute approximate surface area is 105 Å². The van der Waals surface area contributed by atoms with Crippen LogP contribution in [0.2, 0.25) is 0 Å². The summed E-state index contributed by atoms with van der Waals surface area (Å²) >= 11 is 1.54. The summed E-state index contributed by atoms with van der Waals surface area (Å²) in [6, 6.07) is 0. The maximum absolute atomic E-state index is 11.3. The van der Waals surface area contributed by atoms with Crippen molar-refractivity contribution in [1.82, 2.24) is 4.98 Å². The van der Waals surface area contributed by atoms with Gasteiger partial charge in [0.2, 0.25) is 5.84 Å². The molecule has 2 N–H and O–H groups in total. The van der Waals surface area contributed by atoms with E-state index >= 15 is 0 Å². The number of ketones is 1. The van der Waals surface area contributed by atoms with Gasteiger partial charge in [0, 0.05) is 18.2 Å². The lowest BCUT2D eigenvalue weighted by molar-refractivity contribution is -0.457. The van der Waals surface area contributed by atoms with E-state index in [1.54, 1.807) is 6.92 Å². The Bertz CT molecular complexity index is 451. The van der Waals surface area contributed by atoms with Gasteiger partial charge >= 0.3 is 0 Å². The third-order valence-corrected chi connectivity index (χ3v) is 3.72. The second kappa shape index (κ2) is 5.40. The molecule has 0 fully saturated rings. The van der Waals surface area contributed by atoms with Gasteiger partial charge in [-0.2, -0.15) is 4.98 Å². The second-order valence-corrected chi connectivity index (χ2v) is 5.52. The minimum atomic E-state index is 0.0330. The zero-order valence-electron chi connectivity index (χ0n) is 10.3. The average Bonchev–Trinajstić information content (AvgIpc) is 2.50. The quantitative estimate of drug-likeness (QED) is 0.776. The molecule has 4 nitrogen and oxygen atoms in total. The van der Waals surface area contributed by atoms with Gasteiger partial charge in [0.05, 0.1) is 6.54 Å². The van der Waals surface area contributed by atoms with Crippen LogP contribution in [-0.4, -0.2) is 23.1 Å². The summed E-state index contributed by atoms with van der Waals surface area (Å²) < 4.78 is 0. The van der Waals surface area contributed by atoms with Crippen molar-refractivity contribution >= 4 is 28.1 Å². The molecule has 1 aliphatic rings. The van der Waals surface area contributed by atoms with Crippen LogP contribution >= 0.6 is 11.3 Å². The highest BCUT2D eigenvalue weighted by atomic mass is 32.1. The second-order valence-electron chi connectivity index (χ2n) is 4.32. The average molecular weight is 252 g/mol. The van der Waals surface area contributed by atoms with E-state index in [1.807, 2.05) is 6.92 Å². The first-order chi connectivity index (χ1) is 8.16. The lowest BCUT2D eigenvalue weighted by Gasteiger charge is -1.95. The number of aryl methyl sites for hydroxylation is 1.